The van der Waals surface area contributed by atoms with Gasteiger partial charge in [-0.15, -0.1) is 0 Å². The molecule has 0 aromatic heterocycles. The van der Waals surface area contributed by atoms with Gasteiger partial charge in [0, 0.05) is 68.2 Å². The van der Waals surface area contributed by atoms with Gasteiger partial charge in [0.15, 0.2) is 46.0 Å². The number of benzene rings is 8. The number of carboxylic acids is 2. The summed E-state index contributed by atoms with van der Waals surface area (Å²) in [7, 11) is 0. The molecule has 8 aromatic carbocycles. The van der Waals surface area contributed by atoms with Crippen molar-refractivity contribution in [3.8, 4) is 80.5 Å². The van der Waals surface area contributed by atoms with Gasteiger partial charge in [-0.25, -0.2) is 9.59 Å². The van der Waals surface area contributed by atoms with Gasteiger partial charge in [0.05, 0.1) is 11.1 Å². The van der Waals surface area contributed by atoms with Crippen molar-refractivity contribution in [1.29, 1.82) is 0 Å². The van der Waals surface area contributed by atoms with Crippen molar-refractivity contribution in [3.05, 3.63) is 197 Å². The van der Waals surface area contributed by atoms with Crippen molar-refractivity contribution in [3.63, 3.8) is 0 Å². The van der Waals surface area contributed by atoms with E-state index in [9.17, 15) is 90.7 Å². The zero-order chi connectivity index (χ0) is 58.1. The van der Waals surface area contributed by atoms with E-state index < -0.39 is 149 Å². The van der Waals surface area contributed by atoms with Gasteiger partial charge in [-0.05, 0) is 121 Å². The Morgan fingerprint density at radius 3 is 0.725 bits per heavy atom. The number of phenolic OH excluding ortho intramolecular Hbond substituents is 12. The molecule has 0 aliphatic heterocycles. The minimum absolute atomic E-state index is 0.00905. The second kappa shape index (κ2) is 20.3. The summed E-state index contributed by atoms with van der Waals surface area (Å²) >= 11 is 0. The van der Waals surface area contributed by atoms with Crippen LogP contribution in [0, 0.1) is 27.7 Å². The molecule has 0 saturated carbocycles. The molecule has 1 aliphatic carbocycles. The third kappa shape index (κ3) is 8.79. The van der Waals surface area contributed by atoms with E-state index in [0.717, 1.165) is 24.3 Å². The third-order valence-electron chi connectivity index (χ3n) is 14.8. The average molecular weight is 1090 g/mol. The average Bonchev–Trinajstić information content (AvgIpc) is 3.57. The van der Waals surface area contributed by atoms with Crippen LogP contribution in [0.15, 0.2) is 97.1 Å². The van der Waals surface area contributed by atoms with E-state index in [4.69, 9.17) is 9.47 Å². The highest BCUT2D eigenvalue weighted by Crippen LogP contribution is 2.60. The minimum atomic E-state index is -1.73. The topological polar surface area (TPSA) is 370 Å². The maximum absolute atomic E-state index is 12.4. The molecule has 4 atom stereocenters. The second-order valence-corrected chi connectivity index (χ2v) is 19.4. The van der Waals surface area contributed by atoms with Crippen LogP contribution in [0.3, 0.4) is 0 Å². The number of ether oxygens (including phenoxy) is 2. The number of aromatic carboxylic acids is 2. The van der Waals surface area contributed by atoms with Crippen LogP contribution in [-0.2, 0) is 9.59 Å². The second-order valence-electron chi connectivity index (χ2n) is 19.4. The van der Waals surface area contributed by atoms with Crippen molar-refractivity contribution in [2.24, 2.45) is 0 Å². The molecule has 0 spiro atoms. The molecular weight excluding hydrogens is 1040 g/mol. The predicted molar refractivity (Wildman–Crippen MR) is 282 cm³/mol. The number of phenols is 12. The van der Waals surface area contributed by atoms with E-state index in [1.807, 2.05) is 0 Å². The smallest absolute Gasteiger partial charge is 0.335 e. The van der Waals surface area contributed by atoms with Crippen LogP contribution in [0.4, 0.5) is 0 Å². The van der Waals surface area contributed by atoms with E-state index in [1.54, 1.807) is 0 Å². The van der Waals surface area contributed by atoms with Crippen LogP contribution in [0.25, 0.3) is 0 Å². The molecule has 408 valence electrons. The highest BCUT2D eigenvalue weighted by Gasteiger charge is 2.40. The summed E-state index contributed by atoms with van der Waals surface area (Å²) in [5, 5.41) is 166. The quantitative estimate of drug-likeness (QED) is 0.0449. The molecule has 0 amide bonds. The van der Waals surface area contributed by atoms with Gasteiger partial charge >= 0.3 is 11.9 Å². The summed E-state index contributed by atoms with van der Waals surface area (Å²) < 4.78 is 10.3. The lowest BCUT2D eigenvalue weighted by atomic mass is 9.74. The molecule has 8 aromatic rings. The van der Waals surface area contributed by atoms with Gasteiger partial charge in [-0.3, -0.25) is 9.59 Å². The number of hydrogen-bond donors (Lipinski definition) is 14. The van der Waals surface area contributed by atoms with Crippen molar-refractivity contribution in [2.45, 2.75) is 51.4 Å². The highest BCUT2D eigenvalue weighted by atomic mass is 16.5. The molecule has 0 heterocycles. The molecule has 4 unspecified atom stereocenters. The van der Waals surface area contributed by atoms with Crippen LogP contribution in [-0.4, -0.2) is 96.4 Å². The first kappa shape index (κ1) is 54.0. The monoisotopic (exact) mass is 1090 g/mol. The number of rotatable bonds is 10. The van der Waals surface area contributed by atoms with E-state index >= 15 is 0 Å². The maximum atomic E-state index is 12.4. The molecule has 20 nitrogen and oxygen atoms in total. The molecule has 0 fully saturated rings. The summed E-state index contributed by atoms with van der Waals surface area (Å²) in [6.07, 6.45) is 0. The van der Waals surface area contributed by atoms with Gasteiger partial charge in [0.2, 0.25) is 23.0 Å². The van der Waals surface area contributed by atoms with Gasteiger partial charge in [-0.1, -0.05) is 48.5 Å². The van der Waals surface area contributed by atoms with Crippen LogP contribution < -0.4 is 9.47 Å². The molecule has 9 rings (SSSR count). The first-order valence-electron chi connectivity index (χ1n) is 24.1. The molecular formula is C60H48O20. The molecule has 8 bridgehead atoms. The third-order valence-corrected chi connectivity index (χ3v) is 14.8. The Morgan fingerprint density at radius 2 is 0.537 bits per heavy atom. The summed E-state index contributed by atoms with van der Waals surface area (Å²) in [6.45, 7) is 6.22. The van der Waals surface area contributed by atoms with Crippen molar-refractivity contribution in [1.82, 2.24) is 0 Å². The fourth-order valence-corrected chi connectivity index (χ4v) is 10.9. The first-order valence-corrected chi connectivity index (χ1v) is 24.1. The lowest BCUT2D eigenvalue weighted by molar-refractivity contribution is -0.121. The molecule has 1 aliphatic rings. The zero-order valence-electron chi connectivity index (χ0n) is 42.4. The van der Waals surface area contributed by atoms with E-state index in [0.29, 0.717) is 0 Å². The molecule has 0 radical (unpaired) electrons. The van der Waals surface area contributed by atoms with Crippen molar-refractivity contribution < 1.29 is 100 Å². The number of hydrogen-bond acceptors (Lipinski definition) is 18. The van der Waals surface area contributed by atoms with Crippen LogP contribution >= 0.6 is 0 Å². The Morgan fingerprint density at radius 1 is 0.325 bits per heavy atom. The number of carbonyl (C=O) groups is 4. The van der Waals surface area contributed by atoms with Gasteiger partial charge in [-0.2, -0.15) is 0 Å². The summed E-state index contributed by atoms with van der Waals surface area (Å²) in [5.74, 6) is -22.9. The Kier molecular flexibility index (Phi) is 13.7. The van der Waals surface area contributed by atoms with Crippen LogP contribution in [0.5, 0.6) is 80.5 Å². The Bertz CT molecular complexity index is 3710. The van der Waals surface area contributed by atoms with Gasteiger partial charge in [0.1, 0.15) is 11.5 Å². The maximum Gasteiger partial charge on any atom is 0.335 e. The zero-order valence-corrected chi connectivity index (χ0v) is 42.4. The van der Waals surface area contributed by atoms with E-state index in [-0.39, 0.29) is 80.1 Å². The first-order chi connectivity index (χ1) is 37.9. The Labute approximate surface area is 452 Å². The molecule has 20 heteroatoms. The molecule has 0 saturated heterocycles. The van der Waals surface area contributed by atoms with Crippen LogP contribution in [0.1, 0.15) is 133 Å². The predicted octanol–water partition coefficient (Wildman–Crippen LogP) is 8.89. The summed E-state index contributed by atoms with van der Waals surface area (Å²) in [4.78, 5) is 47.9. The molecule has 14 N–H and O–H groups in total. The number of carbonyl (C=O) groups excluding carboxylic acids is 2. The Balaban J connectivity index is 1.56. The normalized spacial score (nSPS) is 15.7. The number of aryl methyl sites for hydroxylation is 4. The summed E-state index contributed by atoms with van der Waals surface area (Å²) in [6, 6.07) is 20.4. The summed E-state index contributed by atoms with van der Waals surface area (Å²) in [5.41, 5.74) is -2.86. The SMILES string of the molecule is Cc1cc(C2c3cc(c(O)c(O)c3O)C(c3ccc(OC=O)c(C)c3)c3cc(c(O)c(O)c3O)C(c3ccc(C(=O)O)c(C)c3)c3cc(c(O)c(O)c3O)C(c3ccc(C(=O)O)c(C)c3)c3cc2c(O)c(O)c3O)ccc1OC=O. The fourth-order valence-electron chi connectivity index (χ4n) is 10.9. The van der Waals surface area contributed by atoms with Gasteiger partial charge < -0.3 is 81.0 Å². The van der Waals surface area contributed by atoms with E-state index in [2.05, 4.69) is 0 Å². The van der Waals surface area contributed by atoms with Crippen molar-refractivity contribution in [2.75, 3.05) is 0 Å². The lowest BCUT2D eigenvalue weighted by Gasteiger charge is -2.31. The Hall–Kier alpha value is -10.8. The van der Waals surface area contributed by atoms with Crippen molar-refractivity contribution >= 4 is 24.9 Å². The number of carboxylic acid groups (broad SMARTS) is 2. The largest absolute Gasteiger partial charge is 0.504 e. The fraction of sp³-hybridized carbons (Fsp3) is 0.133. The van der Waals surface area contributed by atoms with Crippen LogP contribution in [0.2, 0.25) is 0 Å². The lowest BCUT2D eigenvalue weighted by Crippen LogP contribution is -2.14. The minimum Gasteiger partial charge on any atom is -0.504 e. The number of aromatic hydroxyl groups is 12. The van der Waals surface area contributed by atoms with E-state index in [1.165, 1.54) is 100 Å². The van der Waals surface area contributed by atoms with Gasteiger partial charge in [0.25, 0.3) is 12.9 Å². The molecule has 80 heavy (non-hydrogen) atoms. The number of fused-ring (bicyclic) bond motifs is 8. The highest BCUT2D eigenvalue weighted by molar-refractivity contribution is 5.90. The standard InChI is InChI=1S/C60H48O20/c1-23-13-27(5-9-31(23)59(75)76)43-33-17-34(48(64)55(71)47(33)63)44(28-6-10-32(60(77)78)24(2)14-28)36-19-38(52(68)57(73)50(36)66)46(30-8-12-42(80-22-62)26(4)16-30)40-20-39(53(69)58(74)54(40)70)45(29-7-11-41(79-21-61)25(3)15-29)37-18-35(43)49(65)56(72)51(37)67/h5-22,43-46,63-74H,1-4H3,(H,75,76)(H,77,78).